The Labute approximate surface area is 105 Å². The predicted molar refractivity (Wildman–Crippen MR) is 64.9 cm³/mol. The van der Waals surface area contributed by atoms with Crippen molar-refractivity contribution in [1.82, 2.24) is 20.1 Å². The molecular weight excluding hydrogens is 236 g/mol. The number of nitrogens with one attached hydrogen (secondary N) is 1. The van der Waals surface area contributed by atoms with Crippen LogP contribution in [-0.2, 0) is 18.3 Å². The SMILES string of the molecule is CCC(C(=O)NCCc1nncn1C)C(N)=NO. The number of aryl methyl sites for hydroxylation is 1. The largest absolute Gasteiger partial charge is 0.409 e. The van der Waals surface area contributed by atoms with Gasteiger partial charge in [0.25, 0.3) is 0 Å². The molecule has 100 valence electrons. The molecular formula is C10H18N6O2. The molecule has 1 unspecified atom stereocenters. The van der Waals surface area contributed by atoms with Crippen LogP contribution in [0.15, 0.2) is 11.5 Å². The van der Waals surface area contributed by atoms with Gasteiger partial charge in [-0.3, -0.25) is 4.79 Å². The third-order valence-corrected chi connectivity index (χ3v) is 2.65. The molecule has 8 nitrogen and oxygen atoms in total. The summed E-state index contributed by atoms with van der Waals surface area (Å²) in [5, 5.41) is 21.8. The number of aromatic nitrogens is 3. The van der Waals surface area contributed by atoms with E-state index in [1.165, 1.54) is 0 Å². The molecule has 0 radical (unpaired) electrons. The average Bonchev–Trinajstić information content (AvgIpc) is 2.76. The van der Waals surface area contributed by atoms with E-state index < -0.39 is 5.92 Å². The molecule has 1 rings (SSSR count). The van der Waals surface area contributed by atoms with Crippen molar-refractivity contribution in [2.24, 2.45) is 23.9 Å². The Balaban J connectivity index is 2.43. The highest BCUT2D eigenvalue weighted by Gasteiger charge is 2.20. The molecule has 8 heteroatoms. The molecule has 0 bridgehead atoms. The number of nitrogens with zero attached hydrogens (tertiary/aromatic N) is 4. The van der Waals surface area contributed by atoms with Crippen LogP contribution in [0.25, 0.3) is 0 Å². The molecule has 1 aromatic rings. The Morgan fingerprint density at radius 1 is 1.72 bits per heavy atom. The summed E-state index contributed by atoms with van der Waals surface area (Å²) in [5.74, 6) is -0.148. The lowest BCUT2D eigenvalue weighted by Gasteiger charge is -2.13. The van der Waals surface area contributed by atoms with Gasteiger partial charge in [-0.1, -0.05) is 12.1 Å². The highest BCUT2D eigenvalue weighted by molar-refractivity contribution is 6.01. The third kappa shape index (κ3) is 3.44. The van der Waals surface area contributed by atoms with E-state index >= 15 is 0 Å². The smallest absolute Gasteiger partial charge is 0.230 e. The molecule has 0 aromatic carbocycles. The van der Waals surface area contributed by atoms with Crippen LogP contribution < -0.4 is 11.1 Å². The van der Waals surface area contributed by atoms with Gasteiger partial charge < -0.3 is 20.8 Å². The Kier molecular flexibility index (Phi) is 5.09. The van der Waals surface area contributed by atoms with E-state index in [4.69, 9.17) is 10.9 Å². The number of nitrogens with two attached hydrogens (primary N) is 1. The number of carbonyl (C=O) groups excluding carboxylic acids is 1. The van der Waals surface area contributed by atoms with E-state index in [9.17, 15) is 4.79 Å². The van der Waals surface area contributed by atoms with Crippen molar-refractivity contribution in [1.29, 1.82) is 0 Å². The van der Waals surface area contributed by atoms with E-state index in [1.54, 1.807) is 17.8 Å². The highest BCUT2D eigenvalue weighted by Crippen LogP contribution is 2.02. The molecule has 0 spiro atoms. The lowest BCUT2D eigenvalue weighted by Crippen LogP contribution is -2.39. The van der Waals surface area contributed by atoms with Gasteiger partial charge in [0.1, 0.15) is 12.2 Å². The first kappa shape index (κ1) is 13.9. The molecule has 1 amide bonds. The second kappa shape index (κ2) is 6.58. The Hall–Kier alpha value is -2.12. The fourth-order valence-corrected chi connectivity index (χ4v) is 1.55. The lowest BCUT2D eigenvalue weighted by atomic mass is 10.0. The zero-order chi connectivity index (χ0) is 13.5. The number of rotatable bonds is 6. The number of amidine groups is 1. The molecule has 1 aromatic heterocycles. The minimum Gasteiger partial charge on any atom is -0.409 e. The Morgan fingerprint density at radius 2 is 2.44 bits per heavy atom. The Bertz CT molecular complexity index is 428. The molecule has 1 heterocycles. The van der Waals surface area contributed by atoms with Crippen LogP contribution in [0.3, 0.4) is 0 Å². The molecule has 0 aliphatic rings. The molecule has 0 aliphatic heterocycles. The summed E-state index contributed by atoms with van der Waals surface area (Å²) < 4.78 is 1.78. The van der Waals surface area contributed by atoms with E-state index in [1.807, 2.05) is 7.05 Å². The van der Waals surface area contributed by atoms with Gasteiger partial charge >= 0.3 is 0 Å². The van der Waals surface area contributed by atoms with Crippen molar-refractivity contribution in [2.75, 3.05) is 6.54 Å². The van der Waals surface area contributed by atoms with Crippen molar-refractivity contribution in [3.8, 4) is 0 Å². The number of amides is 1. The number of hydrogen-bond acceptors (Lipinski definition) is 5. The van der Waals surface area contributed by atoms with Gasteiger partial charge in [-0.05, 0) is 6.42 Å². The van der Waals surface area contributed by atoms with E-state index in [2.05, 4.69) is 20.7 Å². The summed E-state index contributed by atoms with van der Waals surface area (Å²) in [5.41, 5.74) is 5.43. The quantitative estimate of drug-likeness (QED) is 0.267. The maximum absolute atomic E-state index is 11.8. The fourth-order valence-electron chi connectivity index (χ4n) is 1.55. The van der Waals surface area contributed by atoms with Crippen LogP contribution in [-0.4, -0.2) is 38.3 Å². The zero-order valence-electron chi connectivity index (χ0n) is 10.5. The minimum atomic E-state index is -0.602. The van der Waals surface area contributed by atoms with E-state index in [-0.39, 0.29) is 11.7 Å². The van der Waals surface area contributed by atoms with Crippen LogP contribution in [0.1, 0.15) is 19.2 Å². The predicted octanol–water partition coefficient (Wildman–Crippen LogP) is -0.754. The van der Waals surface area contributed by atoms with Crippen LogP contribution in [0.2, 0.25) is 0 Å². The maximum Gasteiger partial charge on any atom is 0.230 e. The van der Waals surface area contributed by atoms with Gasteiger partial charge in [-0.2, -0.15) is 0 Å². The summed E-state index contributed by atoms with van der Waals surface area (Å²) >= 11 is 0. The monoisotopic (exact) mass is 254 g/mol. The van der Waals surface area contributed by atoms with Gasteiger partial charge in [0.2, 0.25) is 5.91 Å². The standard InChI is InChI=1S/C10H18N6O2/c1-3-7(9(11)15-18)10(17)12-5-4-8-14-13-6-16(8)2/h6-7,18H,3-5H2,1-2H3,(H2,11,15)(H,12,17). The first-order chi connectivity index (χ1) is 8.60. The molecule has 0 saturated carbocycles. The van der Waals surface area contributed by atoms with Gasteiger partial charge in [-0.25, -0.2) is 0 Å². The van der Waals surface area contributed by atoms with Crippen molar-refractivity contribution in [3.63, 3.8) is 0 Å². The molecule has 0 saturated heterocycles. The zero-order valence-corrected chi connectivity index (χ0v) is 10.5. The van der Waals surface area contributed by atoms with Crippen molar-refractivity contribution < 1.29 is 10.0 Å². The summed E-state index contributed by atoms with van der Waals surface area (Å²) in [6.07, 6.45) is 2.66. The number of oxime groups is 1. The minimum absolute atomic E-state index is 0.0753. The second-order valence-electron chi connectivity index (χ2n) is 3.88. The Morgan fingerprint density at radius 3 is 2.94 bits per heavy atom. The first-order valence-corrected chi connectivity index (χ1v) is 5.68. The average molecular weight is 254 g/mol. The van der Waals surface area contributed by atoms with Crippen LogP contribution in [0.5, 0.6) is 0 Å². The summed E-state index contributed by atoms with van der Waals surface area (Å²) in [4.78, 5) is 11.8. The van der Waals surface area contributed by atoms with Gasteiger partial charge in [-0.15, -0.1) is 10.2 Å². The van der Waals surface area contributed by atoms with Crippen LogP contribution in [0.4, 0.5) is 0 Å². The second-order valence-corrected chi connectivity index (χ2v) is 3.88. The highest BCUT2D eigenvalue weighted by atomic mass is 16.4. The molecule has 0 aliphatic carbocycles. The van der Waals surface area contributed by atoms with Crippen LogP contribution in [0, 0.1) is 5.92 Å². The van der Waals surface area contributed by atoms with E-state index in [0.29, 0.717) is 19.4 Å². The molecule has 0 fully saturated rings. The van der Waals surface area contributed by atoms with Crippen molar-refractivity contribution >= 4 is 11.7 Å². The topological polar surface area (TPSA) is 118 Å². The fraction of sp³-hybridized carbons (Fsp3) is 0.600. The lowest BCUT2D eigenvalue weighted by molar-refractivity contribution is -0.123. The number of hydrogen-bond donors (Lipinski definition) is 3. The van der Waals surface area contributed by atoms with Crippen LogP contribution >= 0.6 is 0 Å². The van der Waals surface area contributed by atoms with Gasteiger partial charge in [0, 0.05) is 20.0 Å². The first-order valence-electron chi connectivity index (χ1n) is 5.68. The van der Waals surface area contributed by atoms with E-state index in [0.717, 1.165) is 5.82 Å². The summed E-state index contributed by atoms with van der Waals surface area (Å²) in [6, 6.07) is 0. The number of carbonyl (C=O) groups is 1. The third-order valence-electron chi connectivity index (χ3n) is 2.65. The molecule has 4 N–H and O–H groups in total. The van der Waals surface area contributed by atoms with Crippen molar-refractivity contribution in [2.45, 2.75) is 19.8 Å². The molecule has 1 atom stereocenters. The van der Waals surface area contributed by atoms with Crippen molar-refractivity contribution in [3.05, 3.63) is 12.2 Å². The molecule has 18 heavy (non-hydrogen) atoms. The van der Waals surface area contributed by atoms with Gasteiger partial charge in [0.15, 0.2) is 5.84 Å². The summed E-state index contributed by atoms with van der Waals surface area (Å²) in [6.45, 7) is 2.23. The summed E-state index contributed by atoms with van der Waals surface area (Å²) in [7, 11) is 1.84. The normalized spacial score (nSPS) is 13.3. The maximum atomic E-state index is 11.8. The van der Waals surface area contributed by atoms with Gasteiger partial charge in [0.05, 0.1) is 5.92 Å².